The minimum absolute atomic E-state index is 0.127. The lowest BCUT2D eigenvalue weighted by atomic mass is 9.91. The fourth-order valence-corrected chi connectivity index (χ4v) is 20.4. The average molecular weight is 1560 g/mol. The van der Waals surface area contributed by atoms with Gasteiger partial charge >= 0.3 is 0 Å². The summed E-state index contributed by atoms with van der Waals surface area (Å²) >= 11 is 0. The first-order valence-corrected chi connectivity index (χ1v) is 53.7. The van der Waals surface area contributed by atoms with E-state index in [0.717, 1.165) is 99.5 Å². The van der Waals surface area contributed by atoms with Gasteiger partial charge in [-0.25, -0.2) is 8.78 Å². The Hall–Kier alpha value is -9.43. The second-order valence-electron chi connectivity index (χ2n) is 35.8. The highest BCUT2D eigenvalue weighted by molar-refractivity contribution is 6.90. The van der Waals surface area contributed by atoms with Gasteiger partial charge in [0, 0.05) is 63.0 Å². The van der Waals surface area contributed by atoms with E-state index < -0.39 is 32.3 Å². The molecule has 0 aliphatic heterocycles. The summed E-state index contributed by atoms with van der Waals surface area (Å²) in [5.74, 6) is -0.292. The van der Waals surface area contributed by atoms with Crippen LogP contribution >= 0.6 is 0 Å². The minimum atomic E-state index is -1.51. The van der Waals surface area contributed by atoms with Gasteiger partial charge in [-0.1, -0.05) is 227 Å². The van der Waals surface area contributed by atoms with E-state index in [1.165, 1.54) is 87.8 Å². The zero-order valence-electron chi connectivity index (χ0n) is 76.7. The number of aromatic nitrogens is 4. The number of nitrogens with zero attached hydrogens (tertiary/aromatic N) is 4. The van der Waals surface area contributed by atoms with Gasteiger partial charge in [0.25, 0.3) is 0 Å². The lowest BCUT2D eigenvalue weighted by Gasteiger charge is -2.18. The van der Waals surface area contributed by atoms with Crippen LogP contribution in [-0.4, -0.2) is 32.3 Å². The molecule has 0 saturated carbocycles. The maximum Gasteiger partial charge on any atom is 0.223 e. The van der Waals surface area contributed by atoms with Gasteiger partial charge in [-0.2, -0.15) is 18.3 Å². The van der Waals surface area contributed by atoms with Crippen molar-refractivity contribution < 1.29 is 32.5 Å². The summed E-state index contributed by atoms with van der Waals surface area (Å²) in [6, 6.07) is 63.4. The van der Waals surface area contributed by atoms with E-state index in [1.807, 2.05) is 86.2 Å². The molecule has 0 aliphatic carbocycles. The Balaban J connectivity index is 0.000000152. The maximum atomic E-state index is 15.3. The Labute approximate surface area is 679 Å². The van der Waals surface area contributed by atoms with Gasteiger partial charge in [0.2, 0.25) is 22.8 Å². The van der Waals surface area contributed by atoms with E-state index in [-0.39, 0.29) is 11.6 Å². The molecule has 112 heavy (non-hydrogen) atoms. The molecule has 0 fully saturated rings. The summed E-state index contributed by atoms with van der Waals surface area (Å²) in [7, 11) is 2.22. The van der Waals surface area contributed by atoms with E-state index in [0.29, 0.717) is 46.4 Å². The molecular formula is C102H122F2N4Si4+4. The molecule has 4 heterocycles. The Morgan fingerprint density at radius 1 is 0.259 bits per heavy atom. The van der Waals surface area contributed by atoms with Crippen LogP contribution in [0.5, 0.6) is 0 Å². The van der Waals surface area contributed by atoms with E-state index in [9.17, 15) is 4.39 Å². The van der Waals surface area contributed by atoms with E-state index >= 15 is 4.39 Å². The van der Waals surface area contributed by atoms with Gasteiger partial charge in [0.1, 0.15) is 39.8 Å². The molecule has 10 heteroatoms. The monoisotopic (exact) mass is 1560 g/mol. The fourth-order valence-electron chi connectivity index (χ4n) is 15.8. The third kappa shape index (κ3) is 16.9. The molecule has 0 bridgehead atoms. The zero-order chi connectivity index (χ0) is 85.5. The molecule has 0 unspecified atom stereocenters. The molecule has 0 N–H and O–H groups in total. The Bertz CT molecular complexity index is 6250. The summed E-state index contributed by atoms with van der Waals surface area (Å²) in [5.41, 5.74) is 27.4. The van der Waals surface area contributed by atoms with Crippen molar-refractivity contribution in [1.82, 2.24) is 0 Å². The van der Waals surface area contributed by atoms with Crippen LogP contribution in [0.3, 0.4) is 0 Å². The van der Waals surface area contributed by atoms with E-state index in [4.69, 9.17) is 5.48 Å². The number of benzene rings is 10. The Morgan fingerprint density at radius 2 is 0.598 bits per heavy atom. The molecule has 4 aromatic heterocycles. The fraction of sp³-hybridized carbons (Fsp3) is 0.294. The molecular weight excluding hydrogens is 1430 g/mol. The van der Waals surface area contributed by atoms with E-state index in [2.05, 4.69) is 306 Å². The van der Waals surface area contributed by atoms with Crippen molar-refractivity contribution in [2.75, 3.05) is 0 Å². The predicted molar refractivity (Wildman–Crippen MR) is 491 cm³/mol. The van der Waals surface area contributed by atoms with Crippen LogP contribution in [0.4, 0.5) is 8.78 Å². The Morgan fingerprint density at radius 3 is 0.973 bits per heavy atom. The smallest absolute Gasteiger partial charge is 0.206 e. The van der Waals surface area contributed by atoms with Gasteiger partial charge in [-0.15, -0.1) is 0 Å². The Kier molecular flexibility index (Phi) is 22.4. The molecule has 0 radical (unpaired) electrons. The van der Waals surface area contributed by atoms with Crippen LogP contribution in [0, 0.1) is 109 Å². The second-order valence-corrected chi connectivity index (χ2v) is 56.1. The highest BCUT2D eigenvalue weighted by Gasteiger charge is 2.31. The summed E-state index contributed by atoms with van der Waals surface area (Å²) in [5, 5.41) is 13.8. The van der Waals surface area contributed by atoms with Gasteiger partial charge in [0.05, 0.1) is 70.5 Å². The molecule has 4 nitrogen and oxygen atoms in total. The molecule has 576 valence electrons. The van der Waals surface area contributed by atoms with Gasteiger partial charge in [-0.05, 0) is 211 Å². The number of hydrogen-bond acceptors (Lipinski definition) is 0. The zero-order valence-corrected chi connectivity index (χ0v) is 76.7. The molecule has 0 amide bonds. The van der Waals surface area contributed by atoms with Crippen LogP contribution < -0.4 is 39.0 Å². The van der Waals surface area contributed by atoms with Gasteiger partial charge in [-0.3, -0.25) is 0 Å². The number of pyridine rings is 4. The highest BCUT2D eigenvalue weighted by atomic mass is 28.3. The summed E-state index contributed by atoms with van der Waals surface area (Å²) < 4.78 is 73.1. The van der Waals surface area contributed by atoms with Crippen LogP contribution in [-0.2, 0) is 28.2 Å². The summed E-state index contributed by atoms with van der Waals surface area (Å²) in [6.07, 6.45) is 0. The SMILES string of the molecule is [2H]c1c(C)[n+](C)c(-c2c(C)c(C)cc(C)c2F)c2ccc([Si](C)(C)C)cc12.[2H]c1c(C)[n+](C)c(-c2cc(C)c(F)c(C)c2C)c2ccc([Si](C)(C)C)cc12.[2H]c1c(C)[n+](C)c(-c2ccc(-c3c(C)cccc3C)cc2C)c2ccc([Si](C)(C)C)cc12.[2H]c1c(C)[n+](C)c(-c2ccc(-c3ccccc3)cc2C)c2ccc([Si](C)(C)C)cc12. The third-order valence-corrected chi connectivity index (χ3v) is 31.7. The number of aryl methyl sites for hydroxylation is 7. The number of rotatable bonds is 10. The molecule has 10 aromatic carbocycles. The largest absolute Gasteiger partial charge is 0.223 e. The predicted octanol–water partition coefficient (Wildman–Crippen LogP) is 23.4. The van der Waals surface area contributed by atoms with Crippen LogP contribution in [0.2, 0.25) is 78.6 Å². The first-order chi connectivity index (χ1) is 54.1. The number of fused-ring (bicyclic) bond motifs is 4. The number of halogens is 2. The van der Waals surface area contributed by atoms with Gasteiger partial charge in [0.15, 0.2) is 22.8 Å². The molecule has 0 spiro atoms. The quantitative estimate of drug-likeness (QED) is 0.0958. The molecule has 0 saturated heterocycles. The normalized spacial score (nSPS) is 12.4. The van der Waals surface area contributed by atoms with Crippen molar-refractivity contribution in [3.8, 4) is 67.3 Å². The summed E-state index contributed by atoms with van der Waals surface area (Å²) in [4.78, 5) is 0. The molecule has 0 atom stereocenters. The van der Waals surface area contributed by atoms with Gasteiger partial charge < -0.3 is 0 Å². The third-order valence-electron chi connectivity index (χ3n) is 23.5. The first kappa shape index (κ1) is 77.9. The van der Waals surface area contributed by atoms with Crippen LogP contribution in [0.1, 0.15) is 83.9 Å². The topological polar surface area (TPSA) is 15.5 Å². The van der Waals surface area contributed by atoms with Crippen molar-refractivity contribution in [3.63, 3.8) is 0 Å². The minimum Gasteiger partial charge on any atom is -0.206 e. The van der Waals surface area contributed by atoms with E-state index in [1.54, 1.807) is 0 Å². The van der Waals surface area contributed by atoms with Crippen LogP contribution in [0.15, 0.2) is 194 Å². The van der Waals surface area contributed by atoms with Crippen molar-refractivity contribution in [2.24, 2.45) is 28.2 Å². The summed E-state index contributed by atoms with van der Waals surface area (Å²) in [6.45, 7) is 56.4. The lowest BCUT2D eigenvalue weighted by molar-refractivity contribution is -0.665. The maximum absolute atomic E-state index is 15.3. The van der Waals surface area contributed by atoms with Crippen LogP contribution in [0.25, 0.3) is 110 Å². The number of hydrogen-bond donors (Lipinski definition) is 0. The highest BCUT2D eigenvalue weighted by Crippen LogP contribution is 2.39. The average Bonchev–Trinajstić information content (AvgIpc) is 0.779. The van der Waals surface area contributed by atoms with Crippen molar-refractivity contribution in [3.05, 3.63) is 284 Å². The van der Waals surface area contributed by atoms with Crippen molar-refractivity contribution >= 4 is 96.1 Å². The lowest BCUT2D eigenvalue weighted by Crippen LogP contribution is -2.38. The second kappa shape index (κ2) is 32.2. The molecule has 14 rings (SSSR count). The van der Waals surface area contributed by atoms with Crippen molar-refractivity contribution in [2.45, 2.75) is 175 Å². The van der Waals surface area contributed by atoms with Crippen molar-refractivity contribution in [1.29, 1.82) is 0 Å². The molecule has 14 aromatic rings. The first-order valence-electron chi connectivity index (χ1n) is 41.7. The standard InChI is InChI=1S/C29H34NSi.C27H30NSi.2C23H29FNSi/c1-19-10-9-11-20(2)28(19)23-12-14-26(21(3)16-23)29-27-15-13-25(31(6,7)8)18-24(27)17-22(4)30(29)5;1-19-16-22(21-10-8-7-9-11-21)12-14-25(19)27-26-15-13-24(29(4,5)6)18-23(26)17-20(2)28(27)3;1-14-11-21(16(3)17(4)22(14)24)23-20-10-9-19(26(6,7)8)13-18(20)12-15(2)25(23)5;1-14-11-15(2)22(24)21(17(14)4)23-20-10-9-19(26(6,7)8)13-18(20)12-16(3)25(23)5/h9-18H,1-8H3;7-18H,1-6H3;2*9-13H,1-8H3/q4*+1/i2*17D;2*12D. The molecule has 0 aliphatic rings.